The fraction of sp³-hybridized carbons (Fsp3) is 0.192. The van der Waals surface area contributed by atoms with E-state index < -0.39 is 5.91 Å². The summed E-state index contributed by atoms with van der Waals surface area (Å²) in [5, 5.41) is 22.5. The van der Waals surface area contributed by atoms with Crippen LogP contribution in [0.4, 0.5) is 9.39 Å². The predicted octanol–water partition coefficient (Wildman–Crippen LogP) is 5.76. The molecule has 2 aromatic carbocycles. The van der Waals surface area contributed by atoms with Crippen molar-refractivity contribution >= 4 is 28.3 Å². The lowest BCUT2D eigenvalue weighted by Crippen LogP contribution is -2.13. The molecule has 0 fully saturated rings. The van der Waals surface area contributed by atoms with Gasteiger partial charge in [0.15, 0.2) is 0 Å². The van der Waals surface area contributed by atoms with E-state index in [9.17, 15) is 19.7 Å². The Hall–Kier alpha value is -3.94. The van der Waals surface area contributed by atoms with E-state index in [0.717, 1.165) is 36.1 Å². The summed E-state index contributed by atoms with van der Waals surface area (Å²) in [6.45, 7) is 0.0118. The molecule has 0 saturated heterocycles. The largest absolute Gasteiger partial charge is 0.488 e. The van der Waals surface area contributed by atoms with Crippen molar-refractivity contribution in [2.45, 2.75) is 32.3 Å². The van der Waals surface area contributed by atoms with E-state index in [-0.39, 0.29) is 18.0 Å². The van der Waals surface area contributed by atoms with Crippen LogP contribution in [0.1, 0.15) is 40.0 Å². The van der Waals surface area contributed by atoms with Crippen LogP contribution in [0, 0.1) is 28.5 Å². The SMILES string of the molecule is N#CC(=Cc1ccccc1OCc1ccccc1F)C(=O)Nc1sc2c(c1C#N)CCCC2. The van der Waals surface area contributed by atoms with Crippen LogP contribution in [0.3, 0.4) is 0 Å². The number of thiophene rings is 1. The Balaban J connectivity index is 1.56. The van der Waals surface area contributed by atoms with Gasteiger partial charge in [-0.3, -0.25) is 4.79 Å². The number of hydrogen-bond acceptors (Lipinski definition) is 5. The molecule has 3 aromatic rings. The number of halogens is 1. The lowest BCUT2D eigenvalue weighted by atomic mass is 9.96. The molecule has 0 radical (unpaired) electrons. The topological polar surface area (TPSA) is 85.9 Å². The van der Waals surface area contributed by atoms with Crippen molar-refractivity contribution in [1.29, 1.82) is 10.5 Å². The van der Waals surface area contributed by atoms with Crippen molar-refractivity contribution in [2.24, 2.45) is 0 Å². The summed E-state index contributed by atoms with van der Waals surface area (Å²) in [7, 11) is 0. The van der Waals surface area contributed by atoms with E-state index in [1.807, 2.05) is 6.07 Å². The summed E-state index contributed by atoms with van der Waals surface area (Å²) < 4.78 is 19.7. The van der Waals surface area contributed by atoms with Gasteiger partial charge < -0.3 is 10.1 Å². The molecule has 1 N–H and O–H groups in total. The van der Waals surface area contributed by atoms with Gasteiger partial charge in [0.2, 0.25) is 0 Å². The average Bonchev–Trinajstić information content (AvgIpc) is 3.19. The molecule has 0 atom stereocenters. The summed E-state index contributed by atoms with van der Waals surface area (Å²) in [6, 6.07) is 17.4. The Bertz CT molecular complexity index is 1310. The van der Waals surface area contributed by atoms with Crippen molar-refractivity contribution in [3.05, 3.63) is 87.1 Å². The zero-order valence-corrected chi connectivity index (χ0v) is 18.5. The number of amides is 1. The smallest absolute Gasteiger partial charge is 0.266 e. The molecular weight excluding hydrogens is 437 g/mol. The zero-order chi connectivity index (χ0) is 23.2. The van der Waals surface area contributed by atoms with E-state index in [1.54, 1.807) is 42.5 Å². The maximum atomic E-state index is 13.9. The number of ether oxygens (including phenoxy) is 1. The van der Waals surface area contributed by atoms with Crippen LogP contribution in [0.15, 0.2) is 54.1 Å². The van der Waals surface area contributed by atoms with Crippen LogP contribution in [0.25, 0.3) is 6.08 Å². The number of benzene rings is 2. The van der Waals surface area contributed by atoms with Gasteiger partial charge >= 0.3 is 0 Å². The van der Waals surface area contributed by atoms with Gasteiger partial charge in [-0.15, -0.1) is 11.3 Å². The quantitative estimate of drug-likeness (QED) is 0.376. The number of aryl methyl sites for hydroxylation is 1. The Morgan fingerprint density at radius 1 is 1.12 bits per heavy atom. The van der Waals surface area contributed by atoms with Gasteiger partial charge in [-0.25, -0.2) is 4.39 Å². The first-order chi connectivity index (χ1) is 16.1. The molecule has 1 aliphatic carbocycles. The highest BCUT2D eigenvalue weighted by molar-refractivity contribution is 7.16. The second kappa shape index (κ2) is 10.1. The minimum Gasteiger partial charge on any atom is -0.488 e. The molecule has 7 heteroatoms. The van der Waals surface area contributed by atoms with Crippen molar-refractivity contribution in [2.75, 3.05) is 5.32 Å². The third-order valence-electron chi connectivity index (χ3n) is 5.44. The van der Waals surface area contributed by atoms with Gasteiger partial charge in [-0.2, -0.15) is 10.5 Å². The second-order valence-corrected chi connectivity index (χ2v) is 8.67. The summed E-state index contributed by atoms with van der Waals surface area (Å²) >= 11 is 1.41. The molecule has 1 aliphatic rings. The summed E-state index contributed by atoms with van der Waals surface area (Å²) in [5.74, 6) is -0.531. The summed E-state index contributed by atoms with van der Waals surface area (Å²) in [6.07, 6.45) is 5.26. The molecular formula is C26H20FN3O2S. The van der Waals surface area contributed by atoms with Crippen molar-refractivity contribution in [3.8, 4) is 17.9 Å². The van der Waals surface area contributed by atoms with Gasteiger partial charge in [0, 0.05) is 16.0 Å². The van der Waals surface area contributed by atoms with Crippen molar-refractivity contribution < 1.29 is 13.9 Å². The van der Waals surface area contributed by atoms with Crippen LogP contribution in [-0.2, 0) is 24.2 Å². The van der Waals surface area contributed by atoms with E-state index in [0.29, 0.717) is 27.4 Å². The van der Waals surface area contributed by atoms with Gasteiger partial charge in [-0.05, 0) is 49.5 Å². The monoisotopic (exact) mass is 457 g/mol. The Labute approximate surface area is 195 Å². The first kappa shape index (κ1) is 22.3. The number of nitrogens with zero attached hydrogens (tertiary/aromatic N) is 2. The minimum absolute atomic E-state index is 0.0118. The molecule has 0 saturated carbocycles. The molecule has 5 nitrogen and oxygen atoms in total. The number of fused-ring (bicyclic) bond motifs is 1. The third kappa shape index (κ3) is 4.95. The standard InChI is InChI=1S/C26H20FN3O2S/c27-22-10-4-1-8-18(22)16-32-23-11-5-2-7-17(23)13-19(14-28)25(31)30-26-21(15-29)20-9-3-6-12-24(20)33-26/h1-2,4-5,7-8,10-11,13H,3,6,9,12,16H2,(H,30,31). The summed E-state index contributed by atoms with van der Waals surface area (Å²) in [4.78, 5) is 14.0. The fourth-order valence-corrected chi connectivity index (χ4v) is 4.98. The fourth-order valence-electron chi connectivity index (χ4n) is 3.75. The Morgan fingerprint density at radius 2 is 1.88 bits per heavy atom. The van der Waals surface area contributed by atoms with E-state index >= 15 is 0 Å². The number of para-hydroxylation sites is 1. The summed E-state index contributed by atoms with van der Waals surface area (Å²) in [5.41, 5.74) is 2.31. The molecule has 164 valence electrons. The van der Waals surface area contributed by atoms with Gasteiger partial charge in [0.05, 0.1) is 5.56 Å². The van der Waals surface area contributed by atoms with E-state index in [2.05, 4.69) is 11.4 Å². The molecule has 4 rings (SSSR count). The van der Waals surface area contributed by atoms with Crippen LogP contribution >= 0.6 is 11.3 Å². The Morgan fingerprint density at radius 3 is 2.67 bits per heavy atom. The van der Waals surface area contributed by atoms with Crippen LogP contribution in [0.2, 0.25) is 0 Å². The van der Waals surface area contributed by atoms with Gasteiger partial charge in [0.25, 0.3) is 5.91 Å². The maximum Gasteiger partial charge on any atom is 0.266 e. The number of carbonyl (C=O) groups excluding carboxylic acids is 1. The maximum absolute atomic E-state index is 13.9. The second-order valence-electron chi connectivity index (χ2n) is 7.57. The number of rotatable bonds is 6. The average molecular weight is 458 g/mol. The highest BCUT2D eigenvalue weighted by Crippen LogP contribution is 2.37. The number of anilines is 1. The first-order valence-electron chi connectivity index (χ1n) is 10.5. The molecule has 1 amide bonds. The predicted molar refractivity (Wildman–Crippen MR) is 125 cm³/mol. The highest BCUT2D eigenvalue weighted by Gasteiger charge is 2.23. The number of carbonyl (C=O) groups is 1. The molecule has 0 bridgehead atoms. The highest BCUT2D eigenvalue weighted by atomic mass is 32.1. The lowest BCUT2D eigenvalue weighted by molar-refractivity contribution is -0.112. The first-order valence-corrected chi connectivity index (χ1v) is 11.4. The van der Waals surface area contributed by atoms with Gasteiger partial charge in [-0.1, -0.05) is 36.4 Å². The normalized spacial score (nSPS) is 12.9. The molecule has 1 aromatic heterocycles. The molecule has 33 heavy (non-hydrogen) atoms. The van der Waals surface area contributed by atoms with Crippen molar-refractivity contribution in [3.63, 3.8) is 0 Å². The van der Waals surface area contributed by atoms with Crippen LogP contribution in [0.5, 0.6) is 5.75 Å². The molecule has 0 spiro atoms. The Kier molecular flexibility index (Phi) is 6.83. The number of nitriles is 2. The third-order valence-corrected chi connectivity index (χ3v) is 6.64. The van der Waals surface area contributed by atoms with Gasteiger partial charge in [0.1, 0.15) is 40.9 Å². The van der Waals surface area contributed by atoms with Crippen LogP contribution < -0.4 is 10.1 Å². The number of hydrogen-bond donors (Lipinski definition) is 1. The molecule has 0 aliphatic heterocycles. The zero-order valence-electron chi connectivity index (χ0n) is 17.7. The lowest BCUT2D eigenvalue weighted by Gasteiger charge is -2.10. The molecule has 0 unspecified atom stereocenters. The van der Waals surface area contributed by atoms with Crippen molar-refractivity contribution in [1.82, 2.24) is 0 Å². The minimum atomic E-state index is -0.587. The number of nitrogens with one attached hydrogen (secondary N) is 1. The van der Waals surface area contributed by atoms with Crippen LogP contribution in [-0.4, -0.2) is 5.91 Å². The van der Waals surface area contributed by atoms with E-state index in [4.69, 9.17) is 4.74 Å². The molecule has 1 heterocycles. The van der Waals surface area contributed by atoms with E-state index in [1.165, 1.54) is 23.5 Å².